The zero-order valence-electron chi connectivity index (χ0n) is 11.8. The quantitative estimate of drug-likeness (QED) is 0.629. The smallest absolute Gasteiger partial charge is 0.243 e. The van der Waals surface area contributed by atoms with Gasteiger partial charge in [-0.2, -0.15) is 0 Å². The van der Waals surface area contributed by atoms with Gasteiger partial charge in [0.25, 0.3) is 0 Å². The Morgan fingerprint density at radius 1 is 1.43 bits per heavy atom. The number of ether oxygens (including phenoxy) is 2. The average molecular weight is 293 g/mol. The van der Waals surface area contributed by atoms with Gasteiger partial charge in [0.15, 0.2) is 0 Å². The van der Waals surface area contributed by atoms with Crippen LogP contribution in [0, 0.1) is 0 Å². The molecule has 0 spiro atoms. The van der Waals surface area contributed by atoms with E-state index < -0.39 is 6.04 Å². The van der Waals surface area contributed by atoms with Crippen LogP contribution in [0.5, 0.6) is 5.75 Å². The minimum absolute atomic E-state index is 0.104. The second-order valence-corrected chi connectivity index (χ2v) is 4.60. The third kappa shape index (κ3) is 4.73. The molecule has 0 saturated carbocycles. The highest BCUT2D eigenvalue weighted by Gasteiger charge is 2.23. The van der Waals surface area contributed by atoms with E-state index in [4.69, 9.17) is 9.47 Å². The van der Waals surface area contributed by atoms with E-state index in [1.807, 2.05) is 6.07 Å². The Balaban J connectivity index is 1.88. The number of methoxy groups -OCH3 is 1. The first-order chi connectivity index (χ1) is 10.2. The molecule has 1 heterocycles. The van der Waals surface area contributed by atoms with E-state index in [0.29, 0.717) is 24.7 Å². The summed E-state index contributed by atoms with van der Waals surface area (Å²) >= 11 is 0. The maximum atomic E-state index is 12.1. The van der Waals surface area contributed by atoms with Crippen molar-refractivity contribution in [3.8, 4) is 5.75 Å². The second kappa shape index (κ2) is 7.61. The van der Waals surface area contributed by atoms with Gasteiger partial charge in [-0.25, -0.2) is 0 Å². The van der Waals surface area contributed by atoms with Crippen LogP contribution in [0.4, 0.5) is 5.69 Å². The van der Waals surface area contributed by atoms with Crippen molar-refractivity contribution < 1.29 is 19.1 Å². The van der Waals surface area contributed by atoms with Crippen LogP contribution in [0.3, 0.4) is 0 Å². The molecule has 1 fully saturated rings. The topological polar surface area (TPSA) is 88.7 Å². The number of nitrogens with one attached hydrogen (secondary N) is 3. The standard InChI is InChI=1S/C14H19N3O4/c1-20-5-6-21-11-4-2-3-10(7-11)17-14(19)12-8-16-13(18)9-15-12/h2-4,7,12,15H,5-6,8-9H2,1H3,(H,16,18)(H,17,19). The third-order valence-electron chi connectivity index (χ3n) is 2.99. The number of benzene rings is 1. The lowest BCUT2D eigenvalue weighted by atomic mass is 10.2. The Morgan fingerprint density at radius 2 is 2.29 bits per heavy atom. The SMILES string of the molecule is COCCOc1cccc(NC(=O)C2CNC(=O)CN2)c1. The van der Waals surface area contributed by atoms with Gasteiger partial charge < -0.3 is 20.1 Å². The second-order valence-electron chi connectivity index (χ2n) is 4.60. The molecule has 0 aromatic heterocycles. The number of anilines is 1. The Hall–Kier alpha value is -2.12. The predicted octanol–water partition coefficient (Wildman–Crippen LogP) is -0.262. The first-order valence-corrected chi connectivity index (χ1v) is 6.72. The molecule has 2 rings (SSSR count). The summed E-state index contributed by atoms with van der Waals surface area (Å²) < 4.78 is 10.4. The lowest BCUT2D eigenvalue weighted by Gasteiger charge is -2.23. The molecule has 1 atom stereocenters. The number of rotatable bonds is 6. The van der Waals surface area contributed by atoms with Crippen LogP contribution in [0.2, 0.25) is 0 Å². The summed E-state index contributed by atoms with van der Waals surface area (Å²) in [6.45, 7) is 1.39. The van der Waals surface area contributed by atoms with Gasteiger partial charge in [0.1, 0.15) is 18.4 Å². The fourth-order valence-corrected chi connectivity index (χ4v) is 1.89. The summed E-state index contributed by atoms with van der Waals surface area (Å²) in [5.41, 5.74) is 0.647. The van der Waals surface area contributed by atoms with Crippen molar-refractivity contribution in [3.63, 3.8) is 0 Å². The lowest BCUT2D eigenvalue weighted by molar-refractivity contribution is -0.124. The molecule has 1 aromatic carbocycles. The van der Waals surface area contributed by atoms with E-state index in [-0.39, 0.29) is 24.9 Å². The van der Waals surface area contributed by atoms with Gasteiger partial charge in [0.2, 0.25) is 11.8 Å². The largest absolute Gasteiger partial charge is 0.491 e. The summed E-state index contributed by atoms with van der Waals surface area (Å²) in [4.78, 5) is 23.1. The molecule has 21 heavy (non-hydrogen) atoms. The maximum absolute atomic E-state index is 12.1. The number of piperazine rings is 1. The van der Waals surface area contributed by atoms with Gasteiger partial charge in [-0.1, -0.05) is 6.07 Å². The molecule has 1 aliphatic rings. The van der Waals surface area contributed by atoms with Gasteiger partial charge in [0.05, 0.1) is 13.2 Å². The van der Waals surface area contributed by atoms with Crippen molar-refractivity contribution in [2.45, 2.75) is 6.04 Å². The highest BCUT2D eigenvalue weighted by Crippen LogP contribution is 2.17. The summed E-state index contributed by atoms with van der Waals surface area (Å²) in [6, 6.07) is 6.70. The third-order valence-corrected chi connectivity index (χ3v) is 2.99. The van der Waals surface area contributed by atoms with Crippen molar-refractivity contribution in [1.29, 1.82) is 0 Å². The van der Waals surface area contributed by atoms with Gasteiger partial charge in [0, 0.05) is 25.4 Å². The summed E-state index contributed by atoms with van der Waals surface area (Å²) in [6.07, 6.45) is 0. The van der Waals surface area contributed by atoms with Gasteiger partial charge in [-0.05, 0) is 12.1 Å². The lowest BCUT2D eigenvalue weighted by Crippen LogP contribution is -2.56. The number of carbonyl (C=O) groups excluding carboxylic acids is 2. The molecular formula is C14H19N3O4. The number of hydrogen-bond donors (Lipinski definition) is 3. The van der Waals surface area contributed by atoms with Crippen LogP contribution >= 0.6 is 0 Å². The fourth-order valence-electron chi connectivity index (χ4n) is 1.89. The molecule has 1 aromatic rings. The van der Waals surface area contributed by atoms with Gasteiger partial charge in [-0.3, -0.25) is 14.9 Å². The molecule has 0 aliphatic carbocycles. The first-order valence-electron chi connectivity index (χ1n) is 6.72. The van der Waals surface area contributed by atoms with Crippen molar-refractivity contribution >= 4 is 17.5 Å². The van der Waals surface area contributed by atoms with Gasteiger partial charge >= 0.3 is 0 Å². The Labute approximate surface area is 123 Å². The molecule has 7 nitrogen and oxygen atoms in total. The summed E-state index contributed by atoms with van der Waals surface area (Å²) in [5, 5.41) is 8.31. The van der Waals surface area contributed by atoms with Crippen molar-refractivity contribution in [2.24, 2.45) is 0 Å². The van der Waals surface area contributed by atoms with E-state index >= 15 is 0 Å². The first kappa shape index (κ1) is 15.3. The van der Waals surface area contributed by atoms with Crippen LogP contribution in [0.15, 0.2) is 24.3 Å². The number of amides is 2. The molecule has 1 aliphatic heterocycles. The van der Waals surface area contributed by atoms with Crippen molar-refractivity contribution in [2.75, 3.05) is 38.7 Å². The Kier molecular flexibility index (Phi) is 5.53. The minimum atomic E-state index is -0.430. The van der Waals surface area contributed by atoms with Crippen LogP contribution in [0.25, 0.3) is 0 Å². The molecule has 0 bridgehead atoms. The van der Waals surface area contributed by atoms with Crippen LogP contribution in [-0.4, -0.2) is 51.3 Å². The van der Waals surface area contributed by atoms with E-state index in [9.17, 15) is 9.59 Å². The summed E-state index contributed by atoms with van der Waals surface area (Å²) in [5.74, 6) is 0.367. The minimum Gasteiger partial charge on any atom is -0.491 e. The number of hydrogen-bond acceptors (Lipinski definition) is 5. The molecule has 7 heteroatoms. The number of carbonyl (C=O) groups is 2. The van der Waals surface area contributed by atoms with E-state index in [2.05, 4.69) is 16.0 Å². The van der Waals surface area contributed by atoms with Crippen LogP contribution in [-0.2, 0) is 14.3 Å². The Bertz CT molecular complexity index is 497. The fraction of sp³-hybridized carbons (Fsp3) is 0.429. The van der Waals surface area contributed by atoms with Crippen LogP contribution < -0.4 is 20.7 Å². The van der Waals surface area contributed by atoms with E-state index in [0.717, 1.165) is 0 Å². The predicted molar refractivity (Wildman–Crippen MR) is 77.2 cm³/mol. The molecule has 2 amide bonds. The maximum Gasteiger partial charge on any atom is 0.243 e. The van der Waals surface area contributed by atoms with E-state index in [1.54, 1.807) is 25.3 Å². The van der Waals surface area contributed by atoms with Crippen molar-refractivity contribution in [3.05, 3.63) is 24.3 Å². The average Bonchev–Trinajstić information content (AvgIpc) is 2.48. The van der Waals surface area contributed by atoms with E-state index in [1.165, 1.54) is 0 Å². The molecule has 0 radical (unpaired) electrons. The normalized spacial score (nSPS) is 18.0. The Morgan fingerprint density at radius 3 is 3.00 bits per heavy atom. The van der Waals surface area contributed by atoms with Gasteiger partial charge in [-0.15, -0.1) is 0 Å². The monoisotopic (exact) mass is 293 g/mol. The molecule has 1 unspecified atom stereocenters. The molecule has 3 N–H and O–H groups in total. The zero-order valence-corrected chi connectivity index (χ0v) is 11.8. The highest BCUT2D eigenvalue weighted by atomic mass is 16.5. The molecular weight excluding hydrogens is 274 g/mol. The highest BCUT2D eigenvalue weighted by molar-refractivity contribution is 5.96. The molecule has 114 valence electrons. The zero-order chi connectivity index (χ0) is 15.1. The van der Waals surface area contributed by atoms with Crippen LogP contribution in [0.1, 0.15) is 0 Å². The molecule has 1 saturated heterocycles. The summed E-state index contributed by atoms with van der Waals surface area (Å²) in [7, 11) is 1.61. The van der Waals surface area contributed by atoms with Crippen molar-refractivity contribution in [1.82, 2.24) is 10.6 Å².